The fourth-order valence-electron chi connectivity index (χ4n) is 2.11. The minimum atomic E-state index is -3.79. The van der Waals surface area contributed by atoms with Crippen molar-refractivity contribution in [2.45, 2.75) is 10.6 Å². The number of carbonyl (C=O) groups is 1. The number of rotatable bonds is 6. The third kappa shape index (κ3) is 3.89. The van der Waals surface area contributed by atoms with Crippen LogP contribution in [-0.4, -0.2) is 31.8 Å². The second-order valence-corrected chi connectivity index (χ2v) is 6.91. The number of hydrogen-bond acceptors (Lipinski definition) is 6. The molecule has 1 atom stereocenters. The average Bonchev–Trinajstić information content (AvgIpc) is 2.54. The summed E-state index contributed by atoms with van der Waals surface area (Å²) in [6.45, 7) is 0. The van der Waals surface area contributed by atoms with Crippen LogP contribution in [0.2, 0.25) is 0 Å². The van der Waals surface area contributed by atoms with Gasteiger partial charge in [-0.2, -0.15) is 5.23 Å². The molecule has 9 heteroatoms. The summed E-state index contributed by atoms with van der Waals surface area (Å²) in [6.07, 6.45) is 0. The summed E-state index contributed by atoms with van der Waals surface area (Å²) >= 11 is 0. The van der Waals surface area contributed by atoms with Crippen LogP contribution in [-0.2, 0) is 15.6 Å². The molecule has 0 heterocycles. The lowest BCUT2D eigenvalue weighted by atomic mass is 10.1. The number of aromatic carboxylic acids is 1. The minimum absolute atomic E-state index is 0.0157. The lowest BCUT2D eigenvalue weighted by molar-refractivity contribution is -0.991. The van der Waals surface area contributed by atoms with Gasteiger partial charge in [-0.05, 0) is 30.3 Å². The van der Waals surface area contributed by atoms with Crippen molar-refractivity contribution >= 4 is 21.5 Å². The summed E-state index contributed by atoms with van der Waals surface area (Å²) in [5, 5.41) is 28.0. The Labute approximate surface area is 138 Å². The topological polar surface area (TPSA) is 128 Å². The number of benzene rings is 2. The largest absolute Gasteiger partial charge is 0.595 e. The van der Waals surface area contributed by atoms with E-state index in [1.807, 2.05) is 0 Å². The van der Waals surface area contributed by atoms with Gasteiger partial charge in [-0.3, -0.25) is 0 Å². The summed E-state index contributed by atoms with van der Waals surface area (Å²) < 4.78 is 29.8. The number of carboxylic acid groups (broad SMARTS) is 1. The normalized spacial score (nSPS) is 12.6. The van der Waals surface area contributed by atoms with E-state index in [9.17, 15) is 23.6 Å². The molecule has 0 amide bonds. The summed E-state index contributed by atoms with van der Waals surface area (Å²) in [5.41, 5.74) is -0.562. The fraction of sp³-hybridized carbons (Fsp3) is 0.133. The van der Waals surface area contributed by atoms with E-state index in [0.717, 1.165) is 6.07 Å². The number of carboxylic acids is 1. The third-order valence-electron chi connectivity index (χ3n) is 3.35. The minimum Gasteiger partial charge on any atom is -0.595 e. The van der Waals surface area contributed by atoms with Crippen molar-refractivity contribution in [1.29, 1.82) is 0 Å². The van der Waals surface area contributed by atoms with Gasteiger partial charge in [0.05, 0.1) is 23.3 Å². The molecule has 0 bridgehead atoms. The molecule has 128 valence electrons. The lowest BCUT2D eigenvalue weighted by Gasteiger charge is -2.16. The predicted molar refractivity (Wildman–Crippen MR) is 83.1 cm³/mol. The molecule has 0 radical (unpaired) electrons. The third-order valence-corrected chi connectivity index (χ3v) is 5.03. The molecule has 0 aliphatic heterocycles. The van der Waals surface area contributed by atoms with Gasteiger partial charge in [0.1, 0.15) is 5.75 Å². The molecule has 2 aromatic rings. The Hall–Kier alpha value is -2.46. The van der Waals surface area contributed by atoms with Crippen molar-refractivity contribution in [3.05, 3.63) is 58.8 Å². The maximum Gasteiger partial charge on any atom is 0.335 e. The molecule has 0 aromatic heterocycles. The Morgan fingerprint density at radius 1 is 1.21 bits per heavy atom. The van der Waals surface area contributed by atoms with Gasteiger partial charge < -0.3 is 15.1 Å². The molecule has 1 unspecified atom stereocenters. The standard InChI is InChI=1S/C15H15NO7S/c1-23-12-4-6-13(7-5-12)24(21,22)9-11-3-2-10(15(17)18)8-14(11)16(19)20/h2-8,16,19H,9H2,1H3,(H,17,18). The van der Waals surface area contributed by atoms with E-state index in [4.69, 9.17) is 9.84 Å². The summed E-state index contributed by atoms with van der Waals surface area (Å²) in [6, 6.07) is 9.02. The fourth-order valence-corrected chi connectivity index (χ4v) is 3.48. The first-order valence-electron chi connectivity index (χ1n) is 6.71. The molecule has 2 rings (SSSR count). The Bertz CT molecular complexity index is 845. The second kappa shape index (κ2) is 6.97. The smallest absolute Gasteiger partial charge is 0.335 e. The highest BCUT2D eigenvalue weighted by Crippen LogP contribution is 2.23. The molecule has 0 saturated carbocycles. The van der Waals surface area contributed by atoms with Crippen molar-refractivity contribution in [2.24, 2.45) is 0 Å². The lowest BCUT2D eigenvalue weighted by Crippen LogP contribution is -2.99. The first kappa shape index (κ1) is 17.9. The zero-order chi connectivity index (χ0) is 17.9. The van der Waals surface area contributed by atoms with Gasteiger partial charge in [0.2, 0.25) is 0 Å². The van der Waals surface area contributed by atoms with Crippen LogP contribution in [0.3, 0.4) is 0 Å². The van der Waals surface area contributed by atoms with Gasteiger partial charge >= 0.3 is 5.97 Å². The van der Waals surface area contributed by atoms with Crippen LogP contribution in [0.25, 0.3) is 0 Å². The van der Waals surface area contributed by atoms with Gasteiger partial charge in [0.15, 0.2) is 15.5 Å². The first-order valence-corrected chi connectivity index (χ1v) is 8.36. The van der Waals surface area contributed by atoms with Gasteiger partial charge in [0.25, 0.3) is 0 Å². The first-order chi connectivity index (χ1) is 11.2. The SMILES string of the molecule is COc1ccc(S(=O)(=O)Cc2ccc(C(=O)O)cc2[NH+]([O-])O)cc1. The van der Waals surface area contributed by atoms with Crippen molar-refractivity contribution < 1.29 is 33.5 Å². The zero-order valence-electron chi connectivity index (χ0n) is 12.6. The highest BCUT2D eigenvalue weighted by molar-refractivity contribution is 7.90. The van der Waals surface area contributed by atoms with E-state index in [1.54, 1.807) is 0 Å². The van der Waals surface area contributed by atoms with Crippen LogP contribution in [0.1, 0.15) is 15.9 Å². The monoisotopic (exact) mass is 353 g/mol. The van der Waals surface area contributed by atoms with Crippen molar-refractivity contribution in [1.82, 2.24) is 0 Å². The van der Waals surface area contributed by atoms with Crippen molar-refractivity contribution in [2.75, 3.05) is 7.11 Å². The molecular weight excluding hydrogens is 338 g/mol. The zero-order valence-corrected chi connectivity index (χ0v) is 13.4. The van der Waals surface area contributed by atoms with Crippen molar-refractivity contribution in [3.63, 3.8) is 0 Å². The van der Waals surface area contributed by atoms with E-state index in [-0.39, 0.29) is 21.7 Å². The van der Waals surface area contributed by atoms with E-state index in [2.05, 4.69) is 0 Å². The Balaban J connectivity index is 2.39. The molecule has 2 aromatic carbocycles. The molecule has 24 heavy (non-hydrogen) atoms. The highest BCUT2D eigenvalue weighted by atomic mass is 32.2. The van der Waals surface area contributed by atoms with E-state index in [0.29, 0.717) is 5.75 Å². The molecule has 8 nitrogen and oxygen atoms in total. The number of ether oxygens (including phenoxy) is 1. The van der Waals surface area contributed by atoms with E-state index < -0.39 is 26.8 Å². The number of nitrogens with one attached hydrogen (secondary N) is 1. The van der Waals surface area contributed by atoms with Crippen LogP contribution in [0.15, 0.2) is 47.4 Å². The van der Waals surface area contributed by atoms with Gasteiger partial charge in [-0.1, -0.05) is 6.07 Å². The van der Waals surface area contributed by atoms with E-state index >= 15 is 0 Å². The quantitative estimate of drug-likeness (QED) is 0.654. The maximum atomic E-state index is 12.4. The Morgan fingerprint density at radius 3 is 2.33 bits per heavy atom. The Kier molecular flexibility index (Phi) is 5.20. The molecule has 0 aliphatic carbocycles. The molecule has 0 saturated heterocycles. The van der Waals surface area contributed by atoms with E-state index in [1.165, 1.54) is 43.5 Å². The van der Waals surface area contributed by atoms with Crippen LogP contribution in [0.5, 0.6) is 5.75 Å². The summed E-state index contributed by atoms with van der Waals surface area (Å²) in [4.78, 5) is 10.9. The number of quaternary nitrogens is 1. The molecule has 0 spiro atoms. The summed E-state index contributed by atoms with van der Waals surface area (Å²) in [7, 11) is -2.34. The highest BCUT2D eigenvalue weighted by Gasteiger charge is 2.21. The van der Waals surface area contributed by atoms with Gasteiger partial charge in [-0.15, -0.1) is 0 Å². The average molecular weight is 353 g/mol. The second-order valence-electron chi connectivity index (χ2n) is 4.92. The van der Waals surface area contributed by atoms with Crippen LogP contribution in [0, 0.1) is 5.21 Å². The van der Waals surface area contributed by atoms with Crippen LogP contribution < -0.4 is 9.96 Å². The van der Waals surface area contributed by atoms with Gasteiger partial charge in [-0.25, -0.2) is 18.4 Å². The number of methoxy groups -OCH3 is 1. The van der Waals surface area contributed by atoms with Crippen LogP contribution >= 0.6 is 0 Å². The molecule has 0 fully saturated rings. The number of hydrogen-bond donors (Lipinski definition) is 3. The Morgan fingerprint density at radius 2 is 1.83 bits per heavy atom. The maximum absolute atomic E-state index is 12.4. The predicted octanol–water partition coefficient (Wildman–Crippen LogP) is 0.771. The number of sulfone groups is 1. The molecular formula is C15H15NO7S. The van der Waals surface area contributed by atoms with Gasteiger partial charge in [0, 0.05) is 11.6 Å². The molecule has 3 N–H and O–H groups in total. The molecule has 0 aliphatic rings. The summed E-state index contributed by atoms with van der Waals surface area (Å²) in [5.74, 6) is -1.35. The van der Waals surface area contributed by atoms with Crippen molar-refractivity contribution in [3.8, 4) is 5.75 Å². The van der Waals surface area contributed by atoms with Crippen LogP contribution in [0.4, 0.5) is 5.69 Å².